The van der Waals surface area contributed by atoms with Crippen LogP contribution < -0.4 is 5.32 Å². The molecule has 2 aromatic rings. The Bertz CT molecular complexity index is 417. The first-order chi connectivity index (χ1) is 6.31. The van der Waals surface area contributed by atoms with Crippen LogP contribution in [0.3, 0.4) is 0 Å². The predicted octanol–water partition coefficient (Wildman–Crippen LogP) is 1.29. The van der Waals surface area contributed by atoms with Crippen molar-refractivity contribution in [2.45, 2.75) is 6.54 Å². The van der Waals surface area contributed by atoms with E-state index in [0.29, 0.717) is 0 Å². The van der Waals surface area contributed by atoms with Gasteiger partial charge in [-0.3, -0.25) is 4.68 Å². The number of hydrogen-bond donors (Lipinski definition) is 1. The molecule has 0 aliphatic rings. The fourth-order valence-electron chi connectivity index (χ4n) is 1.57. The quantitative estimate of drug-likeness (QED) is 0.745. The van der Waals surface area contributed by atoms with Crippen molar-refractivity contribution in [3.63, 3.8) is 0 Å². The van der Waals surface area contributed by atoms with Crippen molar-refractivity contribution in [2.75, 3.05) is 7.05 Å². The lowest BCUT2D eigenvalue weighted by Gasteiger charge is -1.99. The van der Waals surface area contributed by atoms with Crippen LogP contribution in [-0.4, -0.2) is 16.8 Å². The molecule has 0 spiro atoms. The van der Waals surface area contributed by atoms with E-state index in [4.69, 9.17) is 0 Å². The van der Waals surface area contributed by atoms with Gasteiger partial charge in [0.15, 0.2) is 0 Å². The summed E-state index contributed by atoms with van der Waals surface area (Å²) in [6.07, 6.45) is 2.06. The molecule has 0 saturated heterocycles. The topological polar surface area (TPSA) is 29.9 Å². The molecule has 0 unspecified atom stereocenters. The molecule has 0 fully saturated rings. The molecule has 3 heteroatoms. The van der Waals surface area contributed by atoms with Crippen molar-refractivity contribution in [1.29, 1.82) is 0 Å². The van der Waals surface area contributed by atoms with Crippen molar-refractivity contribution < 1.29 is 0 Å². The lowest BCUT2D eigenvalue weighted by molar-refractivity contribution is 0.779. The molecule has 1 aromatic carbocycles. The maximum absolute atomic E-state index is 4.34. The van der Waals surface area contributed by atoms with Gasteiger partial charge in [-0.1, -0.05) is 12.1 Å². The molecular weight excluding hydrogens is 162 g/mol. The number of benzene rings is 1. The Kier molecular flexibility index (Phi) is 2.02. The highest BCUT2D eigenvalue weighted by atomic mass is 15.2. The number of nitrogens with one attached hydrogen (secondary N) is 1. The van der Waals surface area contributed by atoms with Gasteiger partial charge in [0.2, 0.25) is 0 Å². The van der Waals surface area contributed by atoms with Gasteiger partial charge in [-0.05, 0) is 18.7 Å². The molecule has 1 aromatic heterocycles. The first-order valence-electron chi connectivity index (χ1n) is 4.37. The van der Waals surface area contributed by atoms with Crippen molar-refractivity contribution in [1.82, 2.24) is 15.1 Å². The van der Waals surface area contributed by atoms with E-state index in [1.807, 2.05) is 30.9 Å². The zero-order chi connectivity index (χ0) is 9.26. The third-order valence-corrected chi connectivity index (χ3v) is 2.12. The van der Waals surface area contributed by atoms with E-state index in [1.165, 1.54) is 10.9 Å². The van der Waals surface area contributed by atoms with Gasteiger partial charge in [-0.2, -0.15) is 5.10 Å². The fraction of sp³-hybridized carbons (Fsp3) is 0.300. The molecule has 0 bridgehead atoms. The first kappa shape index (κ1) is 8.26. The molecule has 0 aliphatic carbocycles. The second-order valence-electron chi connectivity index (χ2n) is 3.18. The highest BCUT2D eigenvalue weighted by molar-refractivity contribution is 5.81. The van der Waals surface area contributed by atoms with Crippen LogP contribution in [0.25, 0.3) is 10.9 Å². The summed E-state index contributed by atoms with van der Waals surface area (Å²) < 4.78 is 1.85. The first-order valence-corrected chi connectivity index (χ1v) is 4.37. The maximum atomic E-state index is 4.34. The summed E-state index contributed by atoms with van der Waals surface area (Å²) in [5.74, 6) is 0. The summed E-state index contributed by atoms with van der Waals surface area (Å²) in [5, 5.41) is 8.73. The Morgan fingerprint density at radius 1 is 1.46 bits per heavy atom. The summed E-state index contributed by atoms with van der Waals surface area (Å²) in [6.45, 7) is 0.892. The second kappa shape index (κ2) is 3.18. The van der Waals surface area contributed by atoms with Gasteiger partial charge in [0.05, 0.1) is 5.52 Å². The average Bonchev–Trinajstić information content (AvgIpc) is 2.47. The van der Waals surface area contributed by atoms with Gasteiger partial charge in [-0.15, -0.1) is 0 Å². The van der Waals surface area contributed by atoms with Gasteiger partial charge in [0, 0.05) is 25.2 Å². The molecule has 0 aliphatic heterocycles. The number of hydrogen-bond acceptors (Lipinski definition) is 2. The minimum Gasteiger partial charge on any atom is -0.316 e. The van der Waals surface area contributed by atoms with E-state index in [2.05, 4.69) is 22.7 Å². The molecule has 2 rings (SSSR count). The lowest BCUT2D eigenvalue weighted by Crippen LogP contribution is -2.04. The summed E-state index contributed by atoms with van der Waals surface area (Å²) in [4.78, 5) is 0. The number of rotatable bonds is 2. The molecule has 0 radical (unpaired) electrons. The standard InChI is InChI=1S/C10H13N3/c1-11-6-8-4-3-5-10-9(8)7-13(2)12-10/h3-5,7,11H,6H2,1-2H3. The summed E-state index contributed by atoms with van der Waals surface area (Å²) in [6, 6.07) is 6.21. The number of aryl methyl sites for hydroxylation is 1. The minimum atomic E-state index is 0.892. The van der Waals surface area contributed by atoms with Crippen molar-refractivity contribution in [3.05, 3.63) is 30.0 Å². The molecule has 0 saturated carbocycles. The zero-order valence-corrected chi connectivity index (χ0v) is 7.91. The zero-order valence-electron chi connectivity index (χ0n) is 7.91. The second-order valence-corrected chi connectivity index (χ2v) is 3.18. The third kappa shape index (κ3) is 1.42. The van der Waals surface area contributed by atoms with Gasteiger partial charge in [0.1, 0.15) is 0 Å². The monoisotopic (exact) mass is 175 g/mol. The lowest BCUT2D eigenvalue weighted by atomic mass is 10.1. The summed E-state index contributed by atoms with van der Waals surface area (Å²) in [7, 11) is 3.90. The van der Waals surface area contributed by atoms with Crippen molar-refractivity contribution in [3.8, 4) is 0 Å². The van der Waals surface area contributed by atoms with Gasteiger partial charge in [-0.25, -0.2) is 0 Å². The number of aromatic nitrogens is 2. The molecule has 13 heavy (non-hydrogen) atoms. The van der Waals surface area contributed by atoms with E-state index in [9.17, 15) is 0 Å². The number of fused-ring (bicyclic) bond motifs is 1. The maximum Gasteiger partial charge on any atom is 0.0926 e. The molecule has 1 heterocycles. The predicted molar refractivity (Wildman–Crippen MR) is 53.5 cm³/mol. The van der Waals surface area contributed by atoms with Crippen molar-refractivity contribution in [2.24, 2.45) is 7.05 Å². The largest absolute Gasteiger partial charge is 0.316 e. The normalized spacial score (nSPS) is 10.9. The molecule has 0 amide bonds. The Labute approximate surface area is 77.4 Å². The van der Waals surface area contributed by atoms with E-state index in [-0.39, 0.29) is 0 Å². The van der Waals surface area contributed by atoms with Crippen molar-refractivity contribution >= 4 is 10.9 Å². The molecule has 1 N–H and O–H groups in total. The fourth-order valence-corrected chi connectivity index (χ4v) is 1.57. The summed E-state index contributed by atoms with van der Waals surface area (Å²) >= 11 is 0. The Hall–Kier alpha value is -1.35. The van der Waals surface area contributed by atoms with Crippen LogP contribution in [-0.2, 0) is 13.6 Å². The number of nitrogens with zero attached hydrogens (tertiary/aromatic N) is 2. The van der Waals surface area contributed by atoms with E-state index < -0.39 is 0 Å². The SMILES string of the molecule is CNCc1cccc2nn(C)cc12. The van der Waals surface area contributed by atoms with Gasteiger partial charge >= 0.3 is 0 Å². The van der Waals surface area contributed by atoms with Crippen LogP contribution >= 0.6 is 0 Å². The summed E-state index contributed by atoms with van der Waals surface area (Å²) in [5.41, 5.74) is 2.36. The van der Waals surface area contributed by atoms with E-state index in [0.717, 1.165) is 12.1 Å². The third-order valence-electron chi connectivity index (χ3n) is 2.12. The molecule has 68 valence electrons. The Morgan fingerprint density at radius 3 is 3.08 bits per heavy atom. The van der Waals surface area contributed by atoms with E-state index in [1.54, 1.807) is 0 Å². The highest BCUT2D eigenvalue weighted by Gasteiger charge is 2.02. The van der Waals surface area contributed by atoms with Crippen LogP contribution in [0.4, 0.5) is 0 Å². The highest BCUT2D eigenvalue weighted by Crippen LogP contribution is 2.16. The molecular formula is C10H13N3. The van der Waals surface area contributed by atoms with Gasteiger partial charge in [0.25, 0.3) is 0 Å². The van der Waals surface area contributed by atoms with Crippen LogP contribution in [0, 0.1) is 0 Å². The smallest absolute Gasteiger partial charge is 0.0926 e. The van der Waals surface area contributed by atoms with E-state index >= 15 is 0 Å². The molecule has 0 atom stereocenters. The van der Waals surface area contributed by atoms with Crippen LogP contribution in [0.1, 0.15) is 5.56 Å². The Morgan fingerprint density at radius 2 is 2.31 bits per heavy atom. The Balaban J connectivity index is 2.60. The average molecular weight is 175 g/mol. The van der Waals surface area contributed by atoms with Gasteiger partial charge < -0.3 is 5.32 Å². The van der Waals surface area contributed by atoms with Crippen LogP contribution in [0.2, 0.25) is 0 Å². The van der Waals surface area contributed by atoms with Crippen LogP contribution in [0.15, 0.2) is 24.4 Å². The molecule has 3 nitrogen and oxygen atoms in total. The van der Waals surface area contributed by atoms with Crippen LogP contribution in [0.5, 0.6) is 0 Å². The minimum absolute atomic E-state index is 0.892.